The quantitative estimate of drug-likeness (QED) is 0.744. The van der Waals surface area contributed by atoms with Crippen LogP contribution in [0.1, 0.15) is 0 Å². The first-order valence-corrected chi connectivity index (χ1v) is 6.23. The SMILES string of the molecule is CN(CC(O)CO)S(=O)(=O)c1ccccc1. The predicted molar refractivity (Wildman–Crippen MR) is 59.4 cm³/mol. The summed E-state index contributed by atoms with van der Waals surface area (Å²) in [5, 5.41) is 17.8. The summed E-state index contributed by atoms with van der Waals surface area (Å²) >= 11 is 0. The molecule has 2 N–H and O–H groups in total. The maximum atomic E-state index is 11.9. The summed E-state index contributed by atoms with van der Waals surface area (Å²) in [6.07, 6.45) is -1.07. The topological polar surface area (TPSA) is 77.8 Å². The highest BCUT2D eigenvalue weighted by Gasteiger charge is 2.22. The van der Waals surface area contributed by atoms with Gasteiger partial charge in [0, 0.05) is 13.6 Å². The first-order chi connectivity index (χ1) is 7.48. The summed E-state index contributed by atoms with van der Waals surface area (Å²) in [5.41, 5.74) is 0. The van der Waals surface area contributed by atoms with Crippen LogP contribution in [0.25, 0.3) is 0 Å². The molecule has 0 heterocycles. The fourth-order valence-corrected chi connectivity index (χ4v) is 2.45. The Hall–Kier alpha value is -0.950. The molecule has 1 unspecified atom stereocenters. The van der Waals surface area contributed by atoms with E-state index in [4.69, 9.17) is 5.11 Å². The molecule has 0 saturated carbocycles. The van der Waals surface area contributed by atoms with Gasteiger partial charge in [-0.1, -0.05) is 18.2 Å². The van der Waals surface area contributed by atoms with E-state index in [-0.39, 0.29) is 11.4 Å². The van der Waals surface area contributed by atoms with Gasteiger partial charge < -0.3 is 10.2 Å². The van der Waals surface area contributed by atoms with Crippen molar-refractivity contribution >= 4 is 10.0 Å². The smallest absolute Gasteiger partial charge is 0.242 e. The van der Waals surface area contributed by atoms with E-state index in [1.165, 1.54) is 19.2 Å². The monoisotopic (exact) mass is 245 g/mol. The summed E-state index contributed by atoms with van der Waals surface area (Å²) in [6, 6.07) is 7.95. The Bertz CT molecular complexity index is 418. The molecule has 1 aromatic carbocycles. The van der Waals surface area contributed by atoms with E-state index >= 15 is 0 Å². The molecule has 0 amide bonds. The van der Waals surface area contributed by atoms with Crippen LogP contribution in [0.3, 0.4) is 0 Å². The summed E-state index contributed by atoms with van der Waals surface area (Å²) in [5.74, 6) is 0. The van der Waals surface area contributed by atoms with Gasteiger partial charge in [0.25, 0.3) is 0 Å². The Labute approximate surface area is 95.0 Å². The van der Waals surface area contributed by atoms with Gasteiger partial charge in [0.05, 0.1) is 17.6 Å². The summed E-state index contributed by atoms with van der Waals surface area (Å²) in [7, 11) is -2.22. The highest BCUT2D eigenvalue weighted by Crippen LogP contribution is 2.13. The molecule has 0 radical (unpaired) electrons. The first kappa shape index (κ1) is 13.1. The molecule has 0 aliphatic heterocycles. The van der Waals surface area contributed by atoms with Gasteiger partial charge in [0.2, 0.25) is 10.0 Å². The molecule has 0 aromatic heterocycles. The van der Waals surface area contributed by atoms with Crippen molar-refractivity contribution in [2.75, 3.05) is 20.2 Å². The number of nitrogens with zero attached hydrogens (tertiary/aromatic N) is 1. The zero-order valence-electron chi connectivity index (χ0n) is 8.94. The molecular weight excluding hydrogens is 230 g/mol. The lowest BCUT2D eigenvalue weighted by Crippen LogP contribution is -2.35. The molecule has 90 valence electrons. The van der Waals surface area contributed by atoms with Gasteiger partial charge >= 0.3 is 0 Å². The van der Waals surface area contributed by atoms with Gasteiger partial charge in [-0.2, -0.15) is 4.31 Å². The van der Waals surface area contributed by atoms with Crippen molar-refractivity contribution < 1.29 is 18.6 Å². The fourth-order valence-electron chi connectivity index (χ4n) is 1.23. The number of sulfonamides is 1. The largest absolute Gasteiger partial charge is 0.394 e. The minimum atomic E-state index is -3.58. The van der Waals surface area contributed by atoms with Crippen LogP contribution in [-0.4, -0.2) is 49.2 Å². The molecule has 0 aliphatic carbocycles. The number of aliphatic hydroxyl groups excluding tert-OH is 2. The van der Waals surface area contributed by atoms with Crippen LogP contribution in [-0.2, 0) is 10.0 Å². The molecule has 5 nitrogen and oxygen atoms in total. The molecule has 1 aromatic rings. The Morgan fingerprint density at radius 1 is 1.31 bits per heavy atom. The van der Waals surface area contributed by atoms with Crippen molar-refractivity contribution in [1.29, 1.82) is 0 Å². The second-order valence-corrected chi connectivity index (χ2v) is 5.48. The van der Waals surface area contributed by atoms with Crippen molar-refractivity contribution in [3.8, 4) is 0 Å². The third-order valence-corrected chi connectivity index (χ3v) is 3.97. The predicted octanol–water partition coefficient (Wildman–Crippen LogP) is -0.340. The molecule has 0 saturated heterocycles. The van der Waals surface area contributed by atoms with Crippen LogP contribution in [0.15, 0.2) is 35.2 Å². The molecule has 6 heteroatoms. The van der Waals surface area contributed by atoms with Gasteiger partial charge in [0.1, 0.15) is 0 Å². The highest BCUT2D eigenvalue weighted by atomic mass is 32.2. The number of rotatable bonds is 5. The Morgan fingerprint density at radius 3 is 2.38 bits per heavy atom. The average molecular weight is 245 g/mol. The van der Waals surface area contributed by atoms with Crippen molar-refractivity contribution in [1.82, 2.24) is 4.31 Å². The minimum absolute atomic E-state index is 0.131. The number of benzene rings is 1. The third-order valence-electron chi connectivity index (χ3n) is 2.13. The molecule has 1 atom stereocenters. The molecule has 16 heavy (non-hydrogen) atoms. The van der Waals surface area contributed by atoms with E-state index in [0.717, 1.165) is 4.31 Å². The van der Waals surface area contributed by atoms with E-state index in [2.05, 4.69) is 0 Å². The van der Waals surface area contributed by atoms with Crippen LogP contribution in [0.5, 0.6) is 0 Å². The van der Waals surface area contributed by atoms with Crippen molar-refractivity contribution in [3.05, 3.63) is 30.3 Å². The molecule has 1 rings (SSSR count). The van der Waals surface area contributed by atoms with E-state index in [1.807, 2.05) is 0 Å². The van der Waals surface area contributed by atoms with Gasteiger partial charge in [-0.15, -0.1) is 0 Å². The van der Waals surface area contributed by atoms with E-state index in [0.29, 0.717) is 0 Å². The standard InChI is InChI=1S/C10H15NO4S/c1-11(7-9(13)8-12)16(14,15)10-5-3-2-4-6-10/h2-6,9,12-13H,7-8H2,1H3. The van der Waals surface area contributed by atoms with E-state index in [1.54, 1.807) is 18.2 Å². The molecule has 0 aliphatic rings. The van der Waals surface area contributed by atoms with Crippen LogP contribution in [0.2, 0.25) is 0 Å². The van der Waals surface area contributed by atoms with Crippen molar-refractivity contribution in [2.24, 2.45) is 0 Å². The third kappa shape index (κ3) is 3.02. The molecule has 0 fully saturated rings. The van der Waals surface area contributed by atoms with Crippen LogP contribution < -0.4 is 0 Å². The number of likely N-dealkylation sites (N-methyl/N-ethyl adjacent to an activating group) is 1. The second kappa shape index (κ2) is 5.40. The average Bonchev–Trinajstić information content (AvgIpc) is 2.29. The van der Waals surface area contributed by atoms with Gasteiger partial charge in [-0.05, 0) is 12.1 Å². The lowest BCUT2D eigenvalue weighted by Gasteiger charge is -2.19. The number of aliphatic hydroxyl groups is 2. The van der Waals surface area contributed by atoms with Gasteiger partial charge in [-0.25, -0.2) is 8.42 Å². The molecule has 0 bridgehead atoms. The highest BCUT2D eigenvalue weighted by molar-refractivity contribution is 7.89. The number of hydrogen-bond acceptors (Lipinski definition) is 4. The summed E-state index contributed by atoms with van der Waals surface area (Å²) in [6.45, 7) is -0.595. The van der Waals surface area contributed by atoms with Crippen LogP contribution >= 0.6 is 0 Å². The van der Waals surface area contributed by atoms with Crippen molar-refractivity contribution in [3.63, 3.8) is 0 Å². The maximum absolute atomic E-state index is 11.9. The summed E-state index contributed by atoms with van der Waals surface area (Å²) in [4.78, 5) is 0.169. The summed E-state index contributed by atoms with van der Waals surface area (Å²) < 4.78 is 24.9. The Morgan fingerprint density at radius 2 is 1.88 bits per heavy atom. The molecule has 0 spiro atoms. The normalized spacial score (nSPS) is 14.0. The van der Waals surface area contributed by atoms with E-state index < -0.39 is 22.7 Å². The van der Waals surface area contributed by atoms with Gasteiger partial charge in [-0.3, -0.25) is 0 Å². The molecular formula is C10H15NO4S. The van der Waals surface area contributed by atoms with E-state index in [9.17, 15) is 13.5 Å². The van der Waals surface area contributed by atoms with Gasteiger partial charge in [0.15, 0.2) is 0 Å². The second-order valence-electron chi connectivity index (χ2n) is 3.43. The zero-order chi connectivity index (χ0) is 12.2. The van der Waals surface area contributed by atoms with Crippen molar-refractivity contribution in [2.45, 2.75) is 11.0 Å². The van der Waals surface area contributed by atoms with Crippen LogP contribution in [0.4, 0.5) is 0 Å². The first-order valence-electron chi connectivity index (χ1n) is 4.79. The lowest BCUT2D eigenvalue weighted by atomic mass is 10.4. The minimum Gasteiger partial charge on any atom is -0.394 e. The number of hydrogen-bond donors (Lipinski definition) is 2. The Kier molecular flexibility index (Phi) is 4.43. The zero-order valence-corrected chi connectivity index (χ0v) is 9.76. The van der Waals surface area contributed by atoms with Crippen LogP contribution in [0, 0.1) is 0 Å². The maximum Gasteiger partial charge on any atom is 0.242 e. The fraction of sp³-hybridized carbons (Fsp3) is 0.400. The lowest BCUT2D eigenvalue weighted by molar-refractivity contribution is 0.0826. The Balaban J connectivity index is 2.87.